The first-order valence-corrected chi connectivity index (χ1v) is 9.25. The van der Waals surface area contributed by atoms with Crippen molar-refractivity contribution < 1.29 is 14.0 Å². The molecule has 28 heavy (non-hydrogen) atoms. The summed E-state index contributed by atoms with van der Waals surface area (Å²) in [4.78, 5) is 27.3. The first-order chi connectivity index (χ1) is 13.5. The van der Waals surface area contributed by atoms with Crippen LogP contribution >= 0.6 is 0 Å². The molecule has 0 bridgehead atoms. The Morgan fingerprint density at radius 1 is 1.25 bits per heavy atom. The van der Waals surface area contributed by atoms with Gasteiger partial charge in [0.2, 0.25) is 0 Å². The maximum atomic E-state index is 13.0. The number of fused-ring (bicyclic) bond motifs is 1. The number of carbonyl (C=O) groups is 2. The number of rotatable bonds is 4. The summed E-state index contributed by atoms with van der Waals surface area (Å²) >= 11 is 0. The van der Waals surface area contributed by atoms with Crippen molar-refractivity contribution in [3.8, 4) is 0 Å². The highest BCUT2D eigenvalue weighted by Gasteiger charge is 2.28. The third-order valence-electron chi connectivity index (χ3n) is 4.91. The zero-order chi connectivity index (χ0) is 19.7. The minimum Gasteiger partial charge on any atom is -0.467 e. The summed E-state index contributed by atoms with van der Waals surface area (Å²) in [5.41, 5.74) is 4.81. The van der Waals surface area contributed by atoms with E-state index in [-0.39, 0.29) is 11.8 Å². The van der Waals surface area contributed by atoms with Crippen LogP contribution in [-0.2, 0) is 19.5 Å². The molecule has 7 nitrogen and oxygen atoms in total. The van der Waals surface area contributed by atoms with E-state index >= 15 is 0 Å². The van der Waals surface area contributed by atoms with Crippen molar-refractivity contribution in [3.63, 3.8) is 0 Å². The van der Waals surface area contributed by atoms with Crippen LogP contribution in [0.1, 0.15) is 49.0 Å². The molecule has 0 saturated heterocycles. The highest BCUT2D eigenvalue weighted by molar-refractivity contribution is 5.96. The Morgan fingerprint density at radius 2 is 2.04 bits per heavy atom. The zero-order valence-corrected chi connectivity index (χ0v) is 15.9. The molecule has 2 N–H and O–H groups in total. The number of aromatic amines is 1. The number of aromatic nitrogens is 2. The van der Waals surface area contributed by atoms with Crippen LogP contribution in [0.5, 0.6) is 0 Å². The minimum atomic E-state index is -0.283. The fourth-order valence-corrected chi connectivity index (χ4v) is 3.60. The van der Waals surface area contributed by atoms with Gasteiger partial charge in [0.25, 0.3) is 11.8 Å². The lowest BCUT2D eigenvalue weighted by Gasteiger charge is -2.27. The predicted octanol–water partition coefficient (Wildman–Crippen LogP) is 2.75. The maximum Gasteiger partial charge on any atom is 0.272 e. The Balaban J connectivity index is 1.50. The van der Waals surface area contributed by atoms with Crippen molar-refractivity contribution in [3.05, 3.63) is 76.0 Å². The van der Waals surface area contributed by atoms with Gasteiger partial charge in [0.15, 0.2) is 5.69 Å². The van der Waals surface area contributed by atoms with Gasteiger partial charge in [0, 0.05) is 29.8 Å². The standard InChI is InChI=1S/C21H22N4O3/c1-13-8-14(2)10-15(9-13)21(27)25-6-5-18-17(12-25)19(24-23-18)20(26)22-11-16-4-3-7-28-16/h3-4,7-10H,5-6,11-12H2,1-2H3,(H,22,26)(H,23,24). The van der Waals surface area contributed by atoms with Crippen molar-refractivity contribution in [2.45, 2.75) is 33.4 Å². The molecule has 3 aromatic rings. The van der Waals surface area contributed by atoms with Crippen LogP contribution in [0.25, 0.3) is 0 Å². The topological polar surface area (TPSA) is 91.2 Å². The van der Waals surface area contributed by atoms with Crippen LogP contribution in [-0.4, -0.2) is 33.5 Å². The third kappa shape index (κ3) is 3.55. The second kappa shape index (κ2) is 7.34. The van der Waals surface area contributed by atoms with Crippen LogP contribution in [0.4, 0.5) is 0 Å². The van der Waals surface area contributed by atoms with Gasteiger partial charge in [-0.3, -0.25) is 14.7 Å². The minimum absolute atomic E-state index is 0.0272. The van der Waals surface area contributed by atoms with Crippen molar-refractivity contribution in [1.82, 2.24) is 20.4 Å². The molecule has 4 rings (SSSR count). The van der Waals surface area contributed by atoms with Crippen LogP contribution in [0.15, 0.2) is 41.0 Å². The summed E-state index contributed by atoms with van der Waals surface area (Å²) in [6, 6.07) is 9.41. The molecule has 0 saturated carbocycles. The van der Waals surface area contributed by atoms with E-state index in [1.54, 1.807) is 23.3 Å². The van der Waals surface area contributed by atoms with Crippen LogP contribution in [0.2, 0.25) is 0 Å². The molecule has 1 aliphatic rings. The summed E-state index contributed by atoms with van der Waals surface area (Å²) in [6.07, 6.45) is 2.21. The van der Waals surface area contributed by atoms with Gasteiger partial charge in [-0.1, -0.05) is 17.2 Å². The molecule has 1 aromatic carbocycles. The zero-order valence-electron chi connectivity index (χ0n) is 15.9. The van der Waals surface area contributed by atoms with E-state index < -0.39 is 0 Å². The summed E-state index contributed by atoms with van der Waals surface area (Å²) in [5.74, 6) is 0.361. The lowest BCUT2D eigenvalue weighted by molar-refractivity contribution is 0.0731. The number of aryl methyl sites for hydroxylation is 2. The van der Waals surface area contributed by atoms with Gasteiger partial charge >= 0.3 is 0 Å². The van der Waals surface area contributed by atoms with E-state index in [0.717, 1.165) is 22.4 Å². The SMILES string of the molecule is Cc1cc(C)cc(C(=O)N2CCc3[nH]nc(C(=O)NCc4ccco4)c3C2)c1. The number of hydrogen-bond donors (Lipinski definition) is 2. The summed E-state index contributed by atoms with van der Waals surface area (Å²) in [6.45, 7) is 5.21. The number of nitrogens with one attached hydrogen (secondary N) is 2. The smallest absolute Gasteiger partial charge is 0.272 e. The number of hydrogen-bond acceptors (Lipinski definition) is 4. The molecule has 0 fully saturated rings. The number of furan rings is 1. The quantitative estimate of drug-likeness (QED) is 0.730. The molecule has 0 aliphatic carbocycles. The molecule has 2 aromatic heterocycles. The molecular weight excluding hydrogens is 356 g/mol. The Kier molecular flexibility index (Phi) is 4.73. The summed E-state index contributed by atoms with van der Waals surface area (Å²) < 4.78 is 5.23. The second-order valence-corrected chi connectivity index (χ2v) is 7.14. The number of carbonyl (C=O) groups excluding carboxylic acids is 2. The number of amides is 2. The van der Waals surface area contributed by atoms with Crippen molar-refractivity contribution in [2.24, 2.45) is 0 Å². The molecule has 0 radical (unpaired) electrons. The van der Waals surface area contributed by atoms with E-state index in [1.807, 2.05) is 32.0 Å². The Morgan fingerprint density at radius 3 is 2.75 bits per heavy atom. The van der Waals surface area contributed by atoms with Crippen molar-refractivity contribution in [1.29, 1.82) is 0 Å². The molecule has 7 heteroatoms. The highest BCUT2D eigenvalue weighted by Crippen LogP contribution is 2.23. The van der Waals surface area contributed by atoms with Gasteiger partial charge in [0.05, 0.1) is 19.4 Å². The molecule has 3 heterocycles. The van der Waals surface area contributed by atoms with Gasteiger partial charge in [0.1, 0.15) is 5.76 Å². The largest absolute Gasteiger partial charge is 0.467 e. The fraction of sp³-hybridized carbons (Fsp3) is 0.286. The van der Waals surface area contributed by atoms with E-state index in [1.165, 1.54) is 0 Å². The monoisotopic (exact) mass is 378 g/mol. The first kappa shape index (κ1) is 18.0. The van der Waals surface area contributed by atoms with Gasteiger partial charge in [-0.25, -0.2) is 0 Å². The van der Waals surface area contributed by atoms with E-state index in [9.17, 15) is 9.59 Å². The van der Waals surface area contributed by atoms with E-state index in [2.05, 4.69) is 15.5 Å². The predicted molar refractivity (Wildman–Crippen MR) is 103 cm³/mol. The lowest BCUT2D eigenvalue weighted by atomic mass is 10.0. The first-order valence-electron chi connectivity index (χ1n) is 9.25. The van der Waals surface area contributed by atoms with Crippen LogP contribution in [0.3, 0.4) is 0 Å². The molecule has 144 valence electrons. The van der Waals surface area contributed by atoms with Crippen molar-refractivity contribution in [2.75, 3.05) is 6.54 Å². The molecule has 0 spiro atoms. The number of H-pyrrole nitrogens is 1. The summed E-state index contributed by atoms with van der Waals surface area (Å²) in [7, 11) is 0. The Bertz CT molecular complexity index is 1000. The van der Waals surface area contributed by atoms with Crippen LogP contribution < -0.4 is 5.32 Å². The third-order valence-corrected chi connectivity index (χ3v) is 4.91. The molecular formula is C21H22N4O3. The lowest BCUT2D eigenvalue weighted by Crippen LogP contribution is -2.37. The van der Waals surface area contributed by atoms with Gasteiger partial charge in [-0.2, -0.15) is 5.10 Å². The van der Waals surface area contributed by atoms with Gasteiger partial charge in [-0.15, -0.1) is 0 Å². The van der Waals surface area contributed by atoms with E-state index in [0.29, 0.717) is 43.1 Å². The average molecular weight is 378 g/mol. The normalized spacial score (nSPS) is 13.3. The van der Waals surface area contributed by atoms with Crippen molar-refractivity contribution >= 4 is 11.8 Å². The van der Waals surface area contributed by atoms with Crippen LogP contribution in [0, 0.1) is 13.8 Å². The molecule has 2 amide bonds. The molecule has 1 aliphatic heterocycles. The average Bonchev–Trinajstić information content (AvgIpc) is 3.34. The van der Waals surface area contributed by atoms with Gasteiger partial charge < -0.3 is 14.6 Å². The van der Waals surface area contributed by atoms with Gasteiger partial charge in [-0.05, 0) is 38.1 Å². The Hall–Kier alpha value is -3.35. The second-order valence-electron chi connectivity index (χ2n) is 7.14. The summed E-state index contributed by atoms with van der Waals surface area (Å²) in [5, 5.41) is 9.94. The Labute approximate surface area is 162 Å². The number of benzene rings is 1. The number of nitrogens with zero attached hydrogens (tertiary/aromatic N) is 2. The molecule has 0 atom stereocenters. The highest BCUT2D eigenvalue weighted by atomic mass is 16.3. The fourth-order valence-electron chi connectivity index (χ4n) is 3.60. The molecule has 0 unspecified atom stereocenters. The maximum absolute atomic E-state index is 13.0. The van der Waals surface area contributed by atoms with E-state index in [4.69, 9.17) is 4.42 Å².